The van der Waals surface area contributed by atoms with Gasteiger partial charge in [-0.1, -0.05) is 53.7 Å². The summed E-state index contributed by atoms with van der Waals surface area (Å²) in [6, 6.07) is 12.3. The van der Waals surface area contributed by atoms with E-state index < -0.39 is 10.1 Å². The van der Waals surface area contributed by atoms with Crippen molar-refractivity contribution in [1.29, 1.82) is 0 Å². The van der Waals surface area contributed by atoms with E-state index in [0.717, 1.165) is 34.0 Å². The van der Waals surface area contributed by atoms with Crippen LogP contribution in [0.4, 0.5) is 11.4 Å². The second-order valence-corrected chi connectivity index (χ2v) is 11.3. The van der Waals surface area contributed by atoms with Gasteiger partial charge in [0.05, 0.1) is 21.5 Å². The monoisotopic (exact) mass is 439 g/mol. The van der Waals surface area contributed by atoms with Crippen molar-refractivity contribution in [2.24, 2.45) is 0 Å². The standard InChI is InChI=1S/C23H31NO4S.Na/c1-22(2,3)16-8-10-18-20(14-16)28-21-15-17(23(4,5)6)9-11-19(21)24(18)12-7-13-29(25,26)27;/h8-11,14-15H,7,12-13H2,1-6H3,(H,25,26,27);/q;+1/p-1. The topological polar surface area (TPSA) is 69.7 Å². The molecule has 3 rings (SSSR count). The van der Waals surface area contributed by atoms with Gasteiger partial charge in [0.2, 0.25) is 0 Å². The molecule has 0 N–H and O–H groups in total. The quantitative estimate of drug-likeness (QED) is 0.541. The average Bonchev–Trinajstić information content (AvgIpc) is 2.57. The molecule has 1 aliphatic heterocycles. The molecule has 30 heavy (non-hydrogen) atoms. The number of rotatable bonds is 4. The third kappa shape index (κ3) is 5.80. The van der Waals surface area contributed by atoms with Crippen molar-refractivity contribution in [1.82, 2.24) is 0 Å². The third-order valence-corrected chi connectivity index (χ3v) is 6.02. The molecule has 0 bridgehead atoms. The van der Waals surface area contributed by atoms with E-state index in [4.69, 9.17) is 4.74 Å². The molecule has 0 spiro atoms. The Morgan fingerprint density at radius 1 is 0.867 bits per heavy atom. The van der Waals surface area contributed by atoms with E-state index in [0.29, 0.717) is 6.54 Å². The molecule has 0 aromatic heterocycles. The maximum absolute atomic E-state index is 11.1. The number of benzene rings is 2. The van der Waals surface area contributed by atoms with Gasteiger partial charge in [-0.15, -0.1) is 0 Å². The first-order valence-electron chi connectivity index (χ1n) is 9.94. The number of anilines is 2. The molecule has 0 saturated heterocycles. The molecule has 7 heteroatoms. The fourth-order valence-corrected chi connectivity index (χ4v) is 3.94. The van der Waals surface area contributed by atoms with Crippen LogP contribution in [0.3, 0.4) is 0 Å². The zero-order chi connectivity index (χ0) is 21.6. The van der Waals surface area contributed by atoms with Crippen molar-refractivity contribution in [3.8, 4) is 11.5 Å². The van der Waals surface area contributed by atoms with Gasteiger partial charge in [0.1, 0.15) is 0 Å². The van der Waals surface area contributed by atoms with Crippen LogP contribution in [-0.2, 0) is 20.9 Å². The number of hydrogen-bond donors (Lipinski definition) is 0. The molecule has 0 radical (unpaired) electrons. The minimum atomic E-state index is -4.24. The van der Waals surface area contributed by atoms with Crippen LogP contribution in [-0.4, -0.2) is 25.3 Å². The molecule has 0 saturated carbocycles. The molecule has 1 aliphatic rings. The first kappa shape index (κ1) is 25.2. The van der Waals surface area contributed by atoms with E-state index in [2.05, 4.69) is 70.7 Å². The predicted molar refractivity (Wildman–Crippen MR) is 117 cm³/mol. The molecule has 0 unspecified atom stereocenters. The SMILES string of the molecule is CC(C)(C)c1ccc2c(c1)Oc1cc(C(C)(C)C)ccc1N2CCCS(=O)(=O)[O-].[Na+]. The predicted octanol–water partition coefficient (Wildman–Crippen LogP) is 2.46. The summed E-state index contributed by atoms with van der Waals surface area (Å²) in [5.74, 6) is 1.12. The van der Waals surface area contributed by atoms with Gasteiger partial charge in [-0.3, -0.25) is 0 Å². The summed E-state index contributed by atoms with van der Waals surface area (Å²) in [5.41, 5.74) is 4.05. The summed E-state index contributed by atoms with van der Waals surface area (Å²) in [4.78, 5) is 2.05. The second-order valence-electron chi connectivity index (χ2n) is 9.73. The number of nitrogens with zero attached hydrogens (tertiary/aromatic N) is 1. The van der Waals surface area contributed by atoms with Crippen LogP contribution in [0.15, 0.2) is 36.4 Å². The zero-order valence-electron chi connectivity index (χ0n) is 19.1. The Kier molecular flexibility index (Phi) is 7.42. The summed E-state index contributed by atoms with van der Waals surface area (Å²) in [6.07, 6.45) is 0.257. The Morgan fingerprint density at radius 2 is 1.30 bits per heavy atom. The Bertz CT molecular complexity index is 957. The van der Waals surface area contributed by atoms with Crippen molar-refractivity contribution in [2.45, 2.75) is 58.8 Å². The summed E-state index contributed by atoms with van der Waals surface area (Å²) < 4.78 is 39.5. The Balaban J connectivity index is 0.00000320. The molecular weight excluding hydrogens is 409 g/mol. The molecule has 1 heterocycles. The van der Waals surface area contributed by atoms with E-state index in [-0.39, 0.29) is 52.6 Å². The molecule has 0 atom stereocenters. The van der Waals surface area contributed by atoms with Crippen molar-refractivity contribution in [2.75, 3.05) is 17.2 Å². The Morgan fingerprint density at radius 3 is 1.67 bits per heavy atom. The van der Waals surface area contributed by atoms with Gasteiger partial charge in [0.25, 0.3) is 0 Å². The fraction of sp³-hybridized carbons (Fsp3) is 0.478. The van der Waals surface area contributed by atoms with Gasteiger partial charge in [0, 0.05) is 12.3 Å². The summed E-state index contributed by atoms with van der Waals surface area (Å²) in [5, 5.41) is 0. The maximum atomic E-state index is 11.1. The van der Waals surface area contributed by atoms with E-state index in [9.17, 15) is 13.0 Å². The molecule has 5 nitrogen and oxygen atoms in total. The number of fused-ring (bicyclic) bond motifs is 2. The van der Waals surface area contributed by atoms with Gasteiger partial charge in [0.15, 0.2) is 11.5 Å². The maximum Gasteiger partial charge on any atom is 1.00 e. The summed E-state index contributed by atoms with van der Waals surface area (Å²) in [7, 11) is -4.24. The molecular formula is C23H30NNaO4S. The number of ether oxygens (including phenoxy) is 1. The van der Waals surface area contributed by atoms with Crippen LogP contribution < -0.4 is 39.2 Å². The number of hydrogen-bond acceptors (Lipinski definition) is 5. The van der Waals surface area contributed by atoms with Gasteiger partial charge < -0.3 is 14.2 Å². The Labute approximate surface area is 202 Å². The molecule has 0 amide bonds. The van der Waals surface area contributed by atoms with Gasteiger partial charge >= 0.3 is 29.6 Å². The fourth-order valence-electron chi connectivity index (χ4n) is 3.46. The van der Waals surface area contributed by atoms with Crippen LogP contribution in [0.25, 0.3) is 0 Å². The van der Waals surface area contributed by atoms with Crippen LogP contribution in [0.1, 0.15) is 59.1 Å². The third-order valence-electron chi connectivity index (χ3n) is 5.23. The van der Waals surface area contributed by atoms with Crippen molar-refractivity contribution >= 4 is 21.5 Å². The summed E-state index contributed by atoms with van der Waals surface area (Å²) in [6.45, 7) is 13.3. The molecule has 158 valence electrons. The summed E-state index contributed by atoms with van der Waals surface area (Å²) >= 11 is 0. The minimum Gasteiger partial charge on any atom is -0.748 e. The van der Waals surface area contributed by atoms with Crippen LogP contribution in [0.5, 0.6) is 11.5 Å². The zero-order valence-corrected chi connectivity index (χ0v) is 21.9. The van der Waals surface area contributed by atoms with E-state index in [1.54, 1.807) is 0 Å². The van der Waals surface area contributed by atoms with E-state index >= 15 is 0 Å². The van der Waals surface area contributed by atoms with Crippen molar-refractivity contribution in [3.05, 3.63) is 47.5 Å². The van der Waals surface area contributed by atoms with Crippen molar-refractivity contribution in [3.63, 3.8) is 0 Å². The molecule has 0 aliphatic carbocycles. The van der Waals surface area contributed by atoms with Crippen LogP contribution in [0.2, 0.25) is 0 Å². The average molecular weight is 440 g/mol. The smallest absolute Gasteiger partial charge is 0.748 e. The van der Waals surface area contributed by atoms with Gasteiger partial charge in [-0.2, -0.15) is 0 Å². The normalized spacial score (nSPS) is 13.8. The van der Waals surface area contributed by atoms with E-state index in [1.807, 2.05) is 12.1 Å². The van der Waals surface area contributed by atoms with Gasteiger partial charge in [-0.25, -0.2) is 8.42 Å². The van der Waals surface area contributed by atoms with Crippen molar-refractivity contribution < 1.29 is 47.3 Å². The molecule has 2 aromatic carbocycles. The largest absolute Gasteiger partial charge is 1.00 e. The first-order chi connectivity index (χ1) is 13.3. The first-order valence-corrected chi connectivity index (χ1v) is 11.5. The molecule has 2 aromatic rings. The minimum absolute atomic E-state index is 0. The van der Waals surface area contributed by atoms with E-state index in [1.165, 1.54) is 0 Å². The second kappa shape index (κ2) is 8.83. The van der Waals surface area contributed by atoms with Gasteiger partial charge in [-0.05, 0) is 52.6 Å². The Hall–Kier alpha value is -1.05. The van der Waals surface area contributed by atoms with Crippen LogP contribution >= 0.6 is 0 Å². The van der Waals surface area contributed by atoms with Crippen LogP contribution in [0, 0.1) is 0 Å². The molecule has 0 fully saturated rings.